The molecule has 0 aliphatic rings. The van der Waals surface area contributed by atoms with Gasteiger partial charge in [0, 0.05) is 17.9 Å². The molecule has 1 nitrogen and oxygen atoms in total. The number of benzene rings is 2. The van der Waals surface area contributed by atoms with Crippen LogP contribution in [0, 0.1) is 11.6 Å². The highest BCUT2D eigenvalue weighted by Crippen LogP contribution is 2.22. The van der Waals surface area contributed by atoms with Gasteiger partial charge >= 0.3 is 0 Å². The van der Waals surface area contributed by atoms with Crippen molar-refractivity contribution in [3.8, 4) is 0 Å². The molecule has 0 amide bonds. The van der Waals surface area contributed by atoms with Gasteiger partial charge in [0.05, 0.1) is 11.1 Å². The van der Waals surface area contributed by atoms with E-state index in [1.807, 2.05) is 0 Å². The Morgan fingerprint density at radius 3 is 2.40 bits per heavy atom. The van der Waals surface area contributed by atoms with Crippen LogP contribution in [0.15, 0.2) is 36.4 Å². The van der Waals surface area contributed by atoms with Crippen LogP contribution >= 0.6 is 23.2 Å². The Morgan fingerprint density at radius 2 is 1.65 bits per heavy atom. The normalized spacial score (nSPS) is 12.4. The molecule has 0 radical (unpaired) electrons. The molecule has 1 N–H and O–H groups in total. The highest BCUT2D eigenvalue weighted by atomic mass is 35.5. The zero-order valence-electron chi connectivity index (χ0n) is 10.4. The van der Waals surface area contributed by atoms with E-state index < -0.39 is 17.7 Å². The van der Waals surface area contributed by atoms with Gasteiger partial charge < -0.3 is 5.11 Å². The minimum atomic E-state index is -0.873. The van der Waals surface area contributed by atoms with Crippen molar-refractivity contribution in [2.75, 3.05) is 0 Å². The summed E-state index contributed by atoms with van der Waals surface area (Å²) in [5.41, 5.74) is 0.805. The Labute approximate surface area is 125 Å². The number of aliphatic hydroxyl groups excluding tert-OH is 1. The molecule has 2 aromatic rings. The maximum Gasteiger partial charge on any atom is 0.145 e. The number of hydrogen-bond donors (Lipinski definition) is 1. The average Bonchev–Trinajstić information content (AvgIpc) is 2.39. The highest BCUT2D eigenvalue weighted by Gasteiger charge is 2.14. The van der Waals surface area contributed by atoms with E-state index in [0.29, 0.717) is 16.1 Å². The molecule has 0 aliphatic carbocycles. The number of aliphatic hydroxyl groups is 1. The molecular weight excluding hydrogens is 305 g/mol. The molecule has 0 saturated heterocycles. The van der Waals surface area contributed by atoms with E-state index in [1.54, 1.807) is 12.1 Å². The van der Waals surface area contributed by atoms with Gasteiger partial charge in [-0.05, 0) is 35.4 Å². The topological polar surface area (TPSA) is 20.2 Å². The van der Waals surface area contributed by atoms with Crippen LogP contribution in [0.1, 0.15) is 11.1 Å². The largest absolute Gasteiger partial charge is 0.392 e. The SMILES string of the molecule is OC(Cc1cc(F)ccc1Cl)Cc1cccc(Cl)c1F. The Morgan fingerprint density at radius 1 is 0.950 bits per heavy atom. The molecule has 20 heavy (non-hydrogen) atoms. The van der Waals surface area contributed by atoms with Crippen molar-refractivity contribution in [1.82, 2.24) is 0 Å². The first-order valence-electron chi connectivity index (χ1n) is 6.02. The summed E-state index contributed by atoms with van der Waals surface area (Å²) in [6.07, 6.45) is -0.649. The molecule has 2 rings (SSSR count). The molecule has 0 heterocycles. The molecule has 5 heteroatoms. The Balaban J connectivity index is 2.11. The van der Waals surface area contributed by atoms with Gasteiger partial charge in [-0.1, -0.05) is 35.3 Å². The van der Waals surface area contributed by atoms with E-state index in [4.69, 9.17) is 23.2 Å². The second-order valence-corrected chi connectivity index (χ2v) is 5.33. The Hall–Kier alpha value is -1.16. The molecule has 0 aromatic heterocycles. The average molecular weight is 317 g/mol. The molecule has 106 valence electrons. The van der Waals surface area contributed by atoms with Crippen LogP contribution in [0.4, 0.5) is 8.78 Å². The fraction of sp³-hybridized carbons (Fsp3) is 0.200. The van der Waals surface area contributed by atoms with E-state index in [2.05, 4.69) is 0 Å². The second-order valence-electron chi connectivity index (χ2n) is 4.51. The smallest absolute Gasteiger partial charge is 0.145 e. The van der Waals surface area contributed by atoms with Crippen LogP contribution in [0.5, 0.6) is 0 Å². The Kier molecular flexibility index (Phi) is 4.97. The van der Waals surface area contributed by atoms with Gasteiger partial charge in [0.2, 0.25) is 0 Å². The lowest BCUT2D eigenvalue weighted by molar-refractivity contribution is 0.174. The van der Waals surface area contributed by atoms with Crippen LogP contribution in [0.25, 0.3) is 0 Å². The molecule has 0 fully saturated rings. The van der Waals surface area contributed by atoms with Crippen molar-refractivity contribution >= 4 is 23.2 Å². The number of halogens is 4. The van der Waals surface area contributed by atoms with E-state index >= 15 is 0 Å². The predicted molar refractivity (Wildman–Crippen MR) is 76.2 cm³/mol. The maximum absolute atomic E-state index is 13.7. The van der Waals surface area contributed by atoms with Crippen LogP contribution in [0.2, 0.25) is 10.0 Å². The summed E-state index contributed by atoms with van der Waals surface area (Å²) in [6.45, 7) is 0. The van der Waals surface area contributed by atoms with Crippen LogP contribution in [-0.4, -0.2) is 11.2 Å². The van der Waals surface area contributed by atoms with Gasteiger partial charge in [-0.25, -0.2) is 8.78 Å². The van der Waals surface area contributed by atoms with Gasteiger partial charge in [-0.15, -0.1) is 0 Å². The van der Waals surface area contributed by atoms with Gasteiger partial charge in [-0.3, -0.25) is 0 Å². The molecule has 0 saturated carbocycles. The first-order chi connectivity index (χ1) is 9.47. The summed E-state index contributed by atoms with van der Waals surface area (Å²) < 4.78 is 26.8. The summed E-state index contributed by atoms with van der Waals surface area (Å²) >= 11 is 11.6. The molecule has 0 spiro atoms. The lowest BCUT2D eigenvalue weighted by Crippen LogP contribution is -2.15. The lowest BCUT2D eigenvalue weighted by Gasteiger charge is -2.13. The summed E-state index contributed by atoms with van der Waals surface area (Å²) in [6, 6.07) is 8.55. The molecule has 0 bridgehead atoms. The number of rotatable bonds is 4. The van der Waals surface area contributed by atoms with Crippen molar-refractivity contribution in [2.45, 2.75) is 18.9 Å². The first kappa shape index (κ1) is 15.2. The molecule has 0 aliphatic heterocycles. The zero-order chi connectivity index (χ0) is 14.7. The minimum Gasteiger partial charge on any atom is -0.392 e. The van der Waals surface area contributed by atoms with Crippen LogP contribution in [0.3, 0.4) is 0 Å². The van der Waals surface area contributed by atoms with Gasteiger partial charge in [0.1, 0.15) is 11.6 Å². The third-order valence-corrected chi connectivity index (χ3v) is 3.61. The van der Waals surface area contributed by atoms with Crippen molar-refractivity contribution in [3.63, 3.8) is 0 Å². The monoisotopic (exact) mass is 316 g/mol. The first-order valence-corrected chi connectivity index (χ1v) is 6.78. The van der Waals surface area contributed by atoms with E-state index in [9.17, 15) is 13.9 Å². The van der Waals surface area contributed by atoms with Gasteiger partial charge in [0.25, 0.3) is 0 Å². The van der Waals surface area contributed by atoms with Gasteiger partial charge in [-0.2, -0.15) is 0 Å². The lowest BCUT2D eigenvalue weighted by atomic mass is 10.0. The number of hydrogen-bond acceptors (Lipinski definition) is 1. The third-order valence-electron chi connectivity index (χ3n) is 2.95. The minimum absolute atomic E-state index is 0.0125. The molecular formula is C15H12Cl2F2O. The summed E-state index contributed by atoms with van der Waals surface area (Å²) in [7, 11) is 0. The molecule has 2 aromatic carbocycles. The standard InChI is InChI=1S/C15H12Cl2F2O/c16-13-5-4-11(18)6-10(13)8-12(20)7-9-2-1-3-14(17)15(9)19/h1-6,12,20H,7-8H2. The van der Waals surface area contributed by atoms with Crippen molar-refractivity contribution < 1.29 is 13.9 Å². The zero-order valence-corrected chi connectivity index (χ0v) is 11.9. The summed E-state index contributed by atoms with van der Waals surface area (Å²) in [5, 5.41) is 10.4. The third kappa shape index (κ3) is 3.69. The van der Waals surface area contributed by atoms with Crippen molar-refractivity contribution in [2.24, 2.45) is 0 Å². The van der Waals surface area contributed by atoms with Gasteiger partial charge in [0.15, 0.2) is 0 Å². The molecule has 1 atom stereocenters. The van der Waals surface area contributed by atoms with Crippen LogP contribution < -0.4 is 0 Å². The molecule has 1 unspecified atom stereocenters. The van der Waals surface area contributed by atoms with E-state index in [1.165, 1.54) is 24.3 Å². The van der Waals surface area contributed by atoms with Crippen molar-refractivity contribution in [1.29, 1.82) is 0 Å². The summed E-state index contributed by atoms with van der Waals surface area (Å²) in [5.74, 6) is -0.968. The fourth-order valence-electron chi connectivity index (χ4n) is 1.99. The highest BCUT2D eigenvalue weighted by molar-refractivity contribution is 6.31. The maximum atomic E-state index is 13.7. The second kappa shape index (κ2) is 6.53. The van der Waals surface area contributed by atoms with Crippen LogP contribution in [-0.2, 0) is 12.8 Å². The van der Waals surface area contributed by atoms with E-state index in [0.717, 1.165) is 0 Å². The quantitative estimate of drug-likeness (QED) is 0.885. The Bertz CT molecular complexity index is 613. The predicted octanol–water partition coefficient (Wildman–Crippen LogP) is 4.42. The fourth-order valence-corrected chi connectivity index (χ4v) is 2.37. The van der Waals surface area contributed by atoms with E-state index in [-0.39, 0.29) is 17.9 Å². The summed E-state index contributed by atoms with van der Waals surface area (Å²) in [4.78, 5) is 0. The van der Waals surface area contributed by atoms with Crippen molar-refractivity contribution in [3.05, 3.63) is 69.2 Å².